The summed E-state index contributed by atoms with van der Waals surface area (Å²) >= 11 is 0. The number of methoxy groups -OCH3 is 1. The van der Waals surface area contributed by atoms with Crippen molar-refractivity contribution >= 4 is 5.95 Å². The molecule has 1 aromatic rings. The summed E-state index contributed by atoms with van der Waals surface area (Å²) in [5.74, 6) is 6.35. The van der Waals surface area contributed by atoms with Gasteiger partial charge >= 0.3 is 0 Å². The van der Waals surface area contributed by atoms with E-state index in [0.717, 1.165) is 0 Å². The van der Waals surface area contributed by atoms with Crippen molar-refractivity contribution in [2.45, 2.75) is 6.92 Å². The van der Waals surface area contributed by atoms with Crippen LogP contribution in [0.15, 0.2) is 6.20 Å². The van der Waals surface area contributed by atoms with Crippen LogP contribution in [-0.2, 0) is 0 Å². The van der Waals surface area contributed by atoms with Crippen LogP contribution in [0.5, 0.6) is 11.6 Å². The van der Waals surface area contributed by atoms with Gasteiger partial charge in [0.25, 0.3) is 5.88 Å². The van der Waals surface area contributed by atoms with Crippen LogP contribution in [0, 0.1) is 11.8 Å². The number of hydrogen-bond acceptors (Lipinski definition) is 5. The monoisotopic (exact) mass is 193 g/mol. The molecule has 5 heteroatoms. The average molecular weight is 193 g/mol. The second-order valence-corrected chi connectivity index (χ2v) is 2.32. The molecular formula is C9H11N3O2. The van der Waals surface area contributed by atoms with Gasteiger partial charge in [-0.25, -0.2) is 4.98 Å². The number of nitrogens with zero attached hydrogens (tertiary/aromatic N) is 2. The Morgan fingerprint density at radius 3 is 3.00 bits per heavy atom. The lowest BCUT2D eigenvalue weighted by atomic mass is 10.5. The molecule has 0 saturated heterocycles. The van der Waals surface area contributed by atoms with E-state index in [4.69, 9.17) is 15.2 Å². The zero-order chi connectivity index (χ0) is 10.4. The molecule has 14 heavy (non-hydrogen) atoms. The molecule has 0 aliphatic rings. The summed E-state index contributed by atoms with van der Waals surface area (Å²) in [7, 11) is 1.49. The van der Waals surface area contributed by atoms with E-state index >= 15 is 0 Å². The average Bonchev–Trinajstić information content (AvgIpc) is 2.20. The molecule has 0 bridgehead atoms. The van der Waals surface area contributed by atoms with E-state index in [-0.39, 0.29) is 12.6 Å². The van der Waals surface area contributed by atoms with Gasteiger partial charge in [0, 0.05) is 0 Å². The highest BCUT2D eigenvalue weighted by atomic mass is 16.5. The standard InChI is InChI=1S/C9H11N3O2/c1-3-4-5-14-7-6-11-9(10)12-8(7)13-2/h6H,5H2,1-2H3,(H2,10,11,12). The number of rotatable bonds is 3. The summed E-state index contributed by atoms with van der Waals surface area (Å²) in [4.78, 5) is 7.62. The number of anilines is 1. The van der Waals surface area contributed by atoms with Crippen LogP contribution >= 0.6 is 0 Å². The van der Waals surface area contributed by atoms with E-state index in [1.165, 1.54) is 13.3 Å². The van der Waals surface area contributed by atoms with Gasteiger partial charge in [-0.1, -0.05) is 5.92 Å². The number of ether oxygens (including phenoxy) is 2. The molecule has 0 aromatic carbocycles. The lowest BCUT2D eigenvalue weighted by molar-refractivity contribution is 0.320. The molecule has 0 aliphatic heterocycles. The number of nitrogen functional groups attached to an aromatic ring is 1. The smallest absolute Gasteiger partial charge is 0.261 e. The molecule has 74 valence electrons. The fourth-order valence-corrected chi connectivity index (χ4v) is 0.799. The van der Waals surface area contributed by atoms with Crippen LogP contribution in [0.4, 0.5) is 5.95 Å². The van der Waals surface area contributed by atoms with Crippen molar-refractivity contribution in [2.75, 3.05) is 19.5 Å². The van der Waals surface area contributed by atoms with Crippen LogP contribution in [0.25, 0.3) is 0 Å². The summed E-state index contributed by atoms with van der Waals surface area (Å²) in [5.41, 5.74) is 5.37. The lowest BCUT2D eigenvalue weighted by Gasteiger charge is -2.06. The Kier molecular flexibility index (Phi) is 3.56. The maximum Gasteiger partial charge on any atom is 0.261 e. The van der Waals surface area contributed by atoms with Crippen LogP contribution in [0.1, 0.15) is 6.92 Å². The summed E-state index contributed by atoms with van der Waals surface area (Å²) < 4.78 is 10.2. The molecule has 0 saturated carbocycles. The predicted octanol–water partition coefficient (Wildman–Crippen LogP) is 0.470. The highest BCUT2D eigenvalue weighted by Crippen LogP contribution is 2.23. The van der Waals surface area contributed by atoms with Gasteiger partial charge in [0.1, 0.15) is 6.61 Å². The van der Waals surface area contributed by atoms with Gasteiger partial charge in [-0.3, -0.25) is 0 Å². The first-order chi connectivity index (χ1) is 6.77. The maximum absolute atomic E-state index is 5.37. The third-order valence-corrected chi connectivity index (χ3v) is 1.41. The van der Waals surface area contributed by atoms with Crippen molar-refractivity contribution in [3.63, 3.8) is 0 Å². The largest absolute Gasteiger partial charge is 0.478 e. The van der Waals surface area contributed by atoms with Gasteiger partial charge in [0.15, 0.2) is 0 Å². The normalized spacial score (nSPS) is 8.71. The van der Waals surface area contributed by atoms with E-state index in [1.807, 2.05) is 0 Å². The Balaban J connectivity index is 2.78. The summed E-state index contributed by atoms with van der Waals surface area (Å²) in [6, 6.07) is 0. The minimum absolute atomic E-state index is 0.149. The molecule has 0 aliphatic carbocycles. The SMILES string of the molecule is CC#CCOc1cnc(N)nc1OC. The minimum Gasteiger partial charge on any atom is -0.478 e. The first-order valence-electron chi connectivity index (χ1n) is 3.97. The van der Waals surface area contributed by atoms with E-state index < -0.39 is 0 Å². The van der Waals surface area contributed by atoms with Crippen LogP contribution in [0.3, 0.4) is 0 Å². The van der Waals surface area contributed by atoms with Crippen molar-refractivity contribution in [1.29, 1.82) is 0 Å². The quantitative estimate of drug-likeness (QED) is 0.706. The van der Waals surface area contributed by atoms with Crippen LogP contribution in [-0.4, -0.2) is 23.7 Å². The predicted molar refractivity (Wildman–Crippen MR) is 51.9 cm³/mol. The second-order valence-electron chi connectivity index (χ2n) is 2.32. The topological polar surface area (TPSA) is 70.3 Å². The number of nitrogens with two attached hydrogens (primary N) is 1. The molecule has 0 amide bonds. The summed E-state index contributed by atoms with van der Waals surface area (Å²) in [6.45, 7) is 2.01. The van der Waals surface area contributed by atoms with Crippen LogP contribution in [0.2, 0.25) is 0 Å². The van der Waals surface area contributed by atoms with Gasteiger partial charge in [-0.05, 0) is 6.92 Å². The van der Waals surface area contributed by atoms with Crippen LogP contribution < -0.4 is 15.2 Å². The Bertz CT molecular complexity index is 368. The maximum atomic E-state index is 5.37. The molecule has 0 fully saturated rings. The minimum atomic E-state index is 0.149. The second kappa shape index (κ2) is 4.92. The fourth-order valence-electron chi connectivity index (χ4n) is 0.799. The third kappa shape index (κ3) is 2.52. The van der Waals surface area contributed by atoms with Crippen molar-refractivity contribution < 1.29 is 9.47 Å². The zero-order valence-electron chi connectivity index (χ0n) is 8.07. The van der Waals surface area contributed by atoms with Gasteiger partial charge in [0.2, 0.25) is 11.7 Å². The molecule has 0 unspecified atom stereocenters. The zero-order valence-corrected chi connectivity index (χ0v) is 8.07. The van der Waals surface area contributed by atoms with E-state index in [1.54, 1.807) is 6.92 Å². The molecule has 1 heterocycles. The Hall–Kier alpha value is -1.96. The third-order valence-electron chi connectivity index (χ3n) is 1.41. The lowest BCUT2D eigenvalue weighted by Crippen LogP contribution is -2.02. The molecule has 0 atom stereocenters. The summed E-state index contributed by atoms with van der Waals surface area (Å²) in [5, 5.41) is 0. The Morgan fingerprint density at radius 1 is 1.57 bits per heavy atom. The molecule has 5 nitrogen and oxygen atoms in total. The van der Waals surface area contributed by atoms with Crippen molar-refractivity contribution in [3.05, 3.63) is 6.20 Å². The van der Waals surface area contributed by atoms with E-state index in [2.05, 4.69) is 21.8 Å². The molecule has 2 N–H and O–H groups in total. The molecule has 1 aromatic heterocycles. The Labute approximate surface area is 82.3 Å². The van der Waals surface area contributed by atoms with E-state index in [0.29, 0.717) is 11.6 Å². The molecule has 0 spiro atoms. The highest BCUT2D eigenvalue weighted by molar-refractivity contribution is 5.35. The Morgan fingerprint density at radius 2 is 2.36 bits per heavy atom. The molecule has 0 radical (unpaired) electrons. The first kappa shape index (κ1) is 10.1. The van der Waals surface area contributed by atoms with Crippen molar-refractivity contribution in [3.8, 4) is 23.5 Å². The van der Waals surface area contributed by atoms with Gasteiger partial charge < -0.3 is 15.2 Å². The van der Waals surface area contributed by atoms with Gasteiger partial charge in [-0.15, -0.1) is 5.92 Å². The van der Waals surface area contributed by atoms with Crippen molar-refractivity contribution in [1.82, 2.24) is 9.97 Å². The summed E-state index contributed by atoms with van der Waals surface area (Å²) in [6.07, 6.45) is 1.46. The van der Waals surface area contributed by atoms with E-state index in [9.17, 15) is 0 Å². The van der Waals surface area contributed by atoms with Gasteiger partial charge in [-0.2, -0.15) is 4.98 Å². The fraction of sp³-hybridized carbons (Fsp3) is 0.333. The first-order valence-corrected chi connectivity index (χ1v) is 3.97. The van der Waals surface area contributed by atoms with Gasteiger partial charge in [0.05, 0.1) is 13.3 Å². The molecular weight excluding hydrogens is 182 g/mol. The molecule has 1 rings (SSSR count). The number of hydrogen-bond donors (Lipinski definition) is 1. The highest BCUT2D eigenvalue weighted by Gasteiger charge is 2.06. The number of aromatic nitrogens is 2. The van der Waals surface area contributed by atoms with Crippen molar-refractivity contribution in [2.24, 2.45) is 0 Å².